The predicted octanol–water partition coefficient (Wildman–Crippen LogP) is 19.6. The fraction of sp³-hybridized carbons (Fsp3) is 0.173. The fourth-order valence-electron chi connectivity index (χ4n) is 11.0. The summed E-state index contributed by atoms with van der Waals surface area (Å²) in [5, 5.41) is 1.89. The summed E-state index contributed by atoms with van der Waals surface area (Å²) in [5.74, 6) is 2.96. The highest BCUT2D eigenvalue weighted by Gasteiger charge is 2.33. The van der Waals surface area contributed by atoms with Crippen LogP contribution in [0.3, 0.4) is 0 Å². The van der Waals surface area contributed by atoms with Crippen molar-refractivity contribution >= 4 is 44.6 Å². The van der Waals surface area contributed by atoms with E-state index in [1.54, 1.807) is 24.4 Å². The zero-order valence-corrected chi connectivity index (χ0v) is 47.9. The minimum atomic E-state index is -0.569. The Morgan fingerprint density at radius 2 is 0.976 bits per heavy atom. The van der Waals surface area contributed by atoms with Crippen LogP contribution in [-0.4, -0.2) is 31.2 Å². The third-order valence-corrected chi connectivity index (χ3v) is 15.4. The molecule has 0 aliphatic carbocycles. The maximum Gasteiger partial charge on any atom is 0.167 e. The lowest BCUT2D eigenvalue weighted by atomic mass is 9.86. The molecule has 4 heterocycles. The lowest BCUT2D eigenvalue weighted by Crippen LogP contribution is -2.25. The van der Waals surface area contributed by atoms with Gasteiger partial charge in [0.25, 0.3) is 0 Å². The summed E-state index contributed by atoms with van der Waals surface area (Å²) in [5.41, 5.74) is 9.05. The highest BCUT2D eigenvalue weighted by Crippen LogP contribution is 2.51. The Bertz CT molecular complexity index is 4780. The summed E-state index contributed by atoms with van der Waals surface area (Å²) in [4.78, 5) is 24.8. The molecule has 0 atom stereocenters. The van der Waals surface area contributed by atoms with Crippen LogP contribution < -0.4 is 14.5 Å². The van der Waals surface area contributed by atoms with Gasteiger partial charge in [0.15, 0.2) is 17.5 Å². The molecule has 0 radical (unpaired) electrons. The molecule has 1 aliphatic rings. The van der Waals surface area contributed by atoms with Crippen molar-refractivity contribution in [2.45, 2.75) is 78.6 Å². The van der Waals surface area contributed by atoms with E-state index in [4.69, 9.17) is 32.9 Å². The first-order valence-corrected chi connectivity index (χ1v) is 27.9. The summed E-state index contributed by atoms with van der Waals surface area (Å²) >= 11 is 0. The molecule has 13 rings (SSSR count). The van der Waals surface area contributed by atoms with Gasteiger partial charge in [0, 0.05) is 57.0 Å². The normalized spacial score (nSPS) is 14.5. The van der Waals surface area contributed by atoms with Gasteiger partial charge in [-0.2, -0.15) is 0 Å². The molecule has 1 aliphatic heterocycles. The Morgan fingerprint density at radius 3 is 1.54 bits per heavy atom. The molecule has 0 N–H and O–H groups in total. The highest BCUT2D eigenvalue weighted by atomic mass is 16.5. The van der Waals surface area contributed by atoms with E-state index in [0.29, 0.717) is 51.7 Å². The average molecular weight is 1090 g/mol. The van der Waals surface area contributed by atoms with Crippen LogP contribution >= 0.6 is 0 Å². The molecule has 0 amide bonds. The number of nitrogens with zero attached hydrogens (tertiary/aromatic N) is 7. The fourth-order valence-corrected chi connectivity index (χ4v) is 11.0. The maximum absolute atomic E-state index is 9.27. The van der Waals surface area contributed by atoms with E-state index in [0.717, 1.165) is 44.2 Å². The molecule has 408 valence electrons. The molecule has 9 aromatic carbocycles. The molecular formula is C75H67N7O. The van der Waals surface area contributed by atoms with E-state index in [2.05, 4.69) is 145 Å². The molecule has 3 aromatic heterocycles. The van der Waals surface area contributed by atoms with Crippen molar-refractivity contribution in [3.63, 3.8) is 0 Å². The smallest absolute Gasteiger partial charge is 0.167 e. The van der Waals surface area contributed by atoms with Gasteiger partial charge in [-0.1, -0.05) is 226 Å². The summed E-state index contributed by atoms with van der Waals surface area (Å²) in [7, 11) is 0. The summed E-state index contributed by atoms with van der Waals surface area (Å²) in [6.45, 7) is 19.5. The number of pyridine rings is 1. The third kappa shape index (κ3) is 10.1. The van der Waals surface area contributed by atoms with Gasteiger partial charge in [-0.25, -0.2) is 19.9 Å². The Hall–Kier alpha value is -9.66. The molecule has 0 fully saturated rings. The molecule has 83 heavy (non-hydrogen) atoms. The van der Waals surface area contributed by atoms with Crippen LogP contribution in [0.5, 0.6) is 11.5 Å². The van der Waals surface area contributed by atoms with Crippen LogP contribution in [0, 0.1) is 0 Å². The van der Waals surface area contributed by atoms with Gasteiger partial charge in [-0.05, 0) is 92.6 Å². The van der Waals surface area contributed by atoms with Crippen molar-refractivity contribution < 1.29 is 18.4 Å². The van der Waals surface area contributed by atoms with E-state index in [1.165, 1.54) is 11.1 Å². The minimum absolute atomic E-state index is 0.0407. The monoisotopic (exact) mass is 1090 g/mol. The van der Waals surface area contributed by atoms with Crippen molar-refractivity contribution in [2.24, 2.45) is 0 Å². The minimum Gasteiger partial charge on any atom is -0.456 e. The van der Waals surface area contributed by atoms with Crippen LogP contribution in [0.4, 0.5) is 22.7 Å². The number of rotatable bonds is 10. The number of fused-ring (bicyclic) bond motifs is 4. The standard InChI is InChI=1S/C75H67N7O/c1-73(2,3)53-38-34-51(35-39-53)70-77-71(52-36-40-54(41-37-52)74(4,5)6)79-72(78-70)62-46-61-60-27-16-17-30-63(60)82(68-33-20-21-42-76-68)66(61)47-67(62)83-57-44-55(75(7,8)9)43-56(45-57)80-48-81(65-32-19-18-31-64(65)80)69-58(49-23-12-10-13-24-49)28-22-29-59(69)50-25-14-11-15-26-50/h10-47H,48H2,1-9H3/i10D,11D,12D,13D,14D,15D,23D,24D,25D,26D. The zero-order chi connectivity index (χ0) is 65.9. The number of hydrogen-bond donors (Lipinski definition) is 0. The second-order valence-corrected chi connectivity index (χ2v) is 24.1. The van der Waals surface area contributed by atoms with Crippen molar-refractivity contribution in [1.29, 1.82) is 0 Å². The predicted molar refractivity (Wildman–Crippen MR) is 344 cm³/mol. The third-order valence-electron chi connectivity index (χ3n) is 15.4. The Kier molecular flexibility index (Phi) is 10.5. The van der Waals surface area contributed by atoms with Crippen LogP contribution in [0.25, 0.3) is 84.0 Å². The molecule has 0 bridgehead atoms. The topological polar surface area (TPSA) is 72.2 Å². The molecule has 8 nitrogen and oxygen atoms in total. The van der Waals surface area contributed by atoms with E-state index in [9.17, 15) is 5.48 Å². The lowest BCUT2D eigenvalue weighted by Gasteiger charge is -2.28. The molecule has 8 heteroatoms. The lowest BCUT2D eigenvalue weighted by molar-refractivity contribution is 0.480. The first-order valence-electron chi connectivity index (χ1n) is 32.9. The van der Waals surface area contributed by atoms with Gasteiger partial charge < -0.3 is 14.5 Å². The van der Waals surface area contributed by atoms with Crippen molar-refractivity contribution in [3.05, 3.63) is 247 Å². The van der Waals surface area contributed by atoms with Gasteiger partial charge in [-0.15, -0.1) is 0 Å². The number of ether oxygens (including phenoxy) is 1. The summed E-state index contributed by atoms with van der Waals surface area (Å²) < 4.78 is 98.9. The Morgan fingerprint density at radius 1 is 0.434 bits per heavy atom. The SMILES string of the molecule is [2H]c1c([2H])c([2H])c(-c2cccc(-c3c([2H])c([2H])c([2H])c([2H])c3[2H])c2N2CN(c3cc(Oc4cc5c(cc4-c4nc(-c6ccc(C(C)(C)C)cc6)nc(-c6ccc(C(C)(C)C)cc6)n4)c4ccccc4n5-c4ccccn4)cc(C(C)(C)C)c3)c3ccccc32)c([2H])c1[2H]. The first kappa shape index (κ1) is 42.2. The van der Waals surface area contributed by atoms with Crippen LogP contribution in [-0.2, 0) is 16.2 Å². The molecule has 0 saturated carbocycles. The number of benzene rings is 9. The number of hydrogen-bond acceptors (Lipinski definition) is 7. The Labute approximate surface area is 501 Å². The van der Waals surface area contributed by atoms with Gasteiger partial charge in [0.2, 0.25) is 0 Å². The first-order chi connectivity index (χ1) is 44.2. The van der Waals surface area contributed by atoms with Crippen LogP contribution in [0.2, 0.25) is 0 Å². The number of para-hydroxylation sites is 4. The van der Waals surface area contributed by atoms with Crippen LogP contribution in [0.15, 0.2) is 230 Å². The van der Waals surface area contributed by atoms with E-state index in [-0.39, 0.29) is 45.4 Å². The quantitative estimate of drug-likeness (QED) is 0.135. The van der Waals surface area contributed by atoms with Crippen LogP contribution in [0.1, 0.15) is 92.7 Å². The van der Waals surface area contributed by atoms with Gasteiger partial charge in [0.05, 0.1) is 47.4 Å². The molecule has 12 aromatic rings. The highest BCUT2D eigenvalue weighted by molar-refractivity contribution is 6.11. The van der Waals surface area contributed by atoms with Crippen molar-refractivity contribution in [1.82, 2.24) is 24.5 Å². The summed E-state index contributed by atoms with van der Waals surface area (Å²) in [6, 6.07) is 48.4. The van der Waals surface area contributed by atoms with Gasteiger partial charge in [-0.3, -0.25) is 4.57 Å². The van der Waals surface area contributed by atoms with Crippen molar-refractivity contribution in [2.75, 3.05) is 16.5 Å². The Balaban J connectivity index is 1.03. The molecule has 0 unspecified atom stereocenters. The summed E-state index contributed by atoms with van der Waals surface area (Å²) in [6.07, 6.45) is 1.78. The second kappa shape index (κ2) is 20.7. The van der Waals surface area contributed by atoms with Gasteiger partial charge in [0.1, 0.15) is 24.0 Å². The molecular weight excluding hydrogens is 1010 g/mol. The van der Waals surface area contributed by atoms with E-state index >= 15 is 0 Å². The molecule has 0 spiro atoms. The van der Waals surface area contributed by atoms with Crippen molar-refractivity contribution in [3.8, 4) is 73.7 Å². The van der Waals surface area contributed by atoms with E-state index < -0.39 is 65.8 Å². The number of anilines is 4. The zero-order valence-electron chi connectivity index (χ0n) is 57.9. The second-order valence-electron chi connectivity index (χ2n) is 24.1. The number of aromatic nitrogens is 5. The van der Waals surface area contributed by atoms with Gasteiger partial charge >= 0.3 is 0 Å². The average Bonchev–Trinajstić information content (AvgIpc) is 1.73. The maximum atomic E-state index is 9.27. The van der Waals surface area contributed by atoms with E-state index in [1.807, 2.05) is 77.7 Å². The molecule has 0 saturated heterocycles. The largest absolute Gasteiger partial charge is 0.456 e.